The van der Waals surface area contributed by atoms with E-state index in [0.29, 0.717) is 21.2 Å². The van der Waals surface area contributed by atoms with Gasteiger partial charge in [-0.25, -0.2) is 4.39 Å². The molecule has 2 unspecified atom stereocenters. The zero-order valence-corrected chi connectivity index (χ0v) is 15.4. The molecule has 1 amide bonds. The van der Waals surface area contributed by atoms with Crippen LogP contribution in [-0.2, 0) is 4.79 Å². The Morgan fingerprint density at radius 1 is 1.17 bits per heavy atom. The maximum absolute atomic E-state index is 14.0. The molecule has 2 aromatic rings. The van der Waals surface area contributed by atoms with Crippen LogP contribution in [0.15, 0.2) is 36.4 Å². The number of anilines is 1. The van der Waals surface area contributed by atoms with Gasteiger partial charge in [0, 0.05) is 16.0 Å². The van der Waals surface area contributed by atoms with Gasteiger partial charge in [0.25, 0.3) is 0 Å². The minimum atomic E-state index is -1.29. The van der Waals surface area contributed by atoms with E-state index in [1.165, 1.54) is 6.07 Å². The third-order valence-electron chi connectivity index (χ3n) is 4.03. The number of hydrogen-bond donors (Lipinski definition) is 1. The quantitative estimate of drug-likeness (QED) is 0.625. The van der Waals surface area contributed by atoms with Crippen molar-refractivity contribution in [2.24, 2.45) is 5.92 Å². The van der Waals surface area contributed by atoms with Gasteiger partial charge in [-0.05, 0) is 42.3 Å². The van der Waals surface area contributed by atoms with Crippen molar-refractivity contribution in [3.63, 3.8) is 0 Å². The lowest BCUT2D eigenvalue weighted by Gasteiger charge is -2.08. The molecule has 1 N–H and O–H groups in total. The average Bonchev–Trinajstić information content (AvgIpc) is 3.05. The summed E-state index contributed by atoms with van der Waals surface area (Å²) in [5.74, 6) is -2.13. The topological polar surface area (TPSA) is 29.1 Å². The van der Waals surface area contributed by atoms with Crippen molar-refractivity contribution in [1.29, 1.82) is 0 Å². The fourth-order valence-electron chi connectivity index (χ4n) is 2.78. The lowest BCUT2D eigenvalue weighted by atomic mass is 10.1. The largest absolute Gasteiger partial charge is 0.323 e. The minimum absolute atomic E-state index is 0.0962. The van der Waals surface area contributed by atoms with Crippen molar-refractivity contribution >= 4 is 58.0 Å². The van der Waals surface area contributed by atoms with Gasteiger partial charge in [-0.15, -0.1) is 23.2 Å². The fraction of sp³-hybridized carbons (Fsp3) is 0.235. The molecule has 0 radical (unpaired) electrons. The lowest BCUT2D eigenvalue weighted by molar-refractivity contribution is -0.117. The molecular formula is C17H12Cl4FNO. The predicted molar refractivity (Wildman–Crippen MR) is 96.9 cm³/mol. The zero-order chi connectivity index (χ0) is 17.6. The minimum Gasteiger partial charge on any atom is -0.323 e. The summed E-state index contributed by atoms with van der Waals surface area (Å²) in [6.07, 6.45) is 0. The van der Waals surface area contributed by atoms with Crippen LogP contribution in [0.3, 0.4) is 0 Å². The molecule has 1 fully saturated rings. The molecule has 0 heterocycles. The second-order valence-electron chi connectivity index (χ2n) is 5.76. The van der Waals surface area contributed by atoms with Gasteiger partial charge in [0.1, 0.15) is 10.2 Å². The molecule has 0 saturated heterocycles. The standard InChI is InChI=1S/C17H12Cl4FNO/c1-8-3-2-4-12(15(8)22)23-16(24)14-13(17(14,20)21)9-5-10(18)7-11(19)6-9/h2-7,13-14H,1H3,(H,23,24). The van der Waals surface area contributed by atoms with Crippen LogP contribution in [0.1, 0.15) is 17.0 Å². The van der Waals surface area contributed by atoms with E-state index in [0.717, 1.165) is 0 Å². The van der Waals surface area contributed by atoms with E-state index in [1.54, 1.807) is 37.3 Å². The van der Waals surface area contributed by atoms with Gasteiger partial charge in [0.15, 0.2) is 0 Å². The third-order valence-corrected chi connectivity index (χ3v) is 5.41. The summed E-state index contributed by atoms with van der Waals surface area (Å²) in [5, 5.41) is 3.41. The number of carbonyl (C=O) groups is 1. The number of hydrogen-bond acceptors (Lipinski definition) is 1. The molecule has 1 saturated carbocycles. The van der Waals surface area contributed by atoms with Crippen LogP contribution in [0.2, 0.25) is 10.0 Å². The van der Waals surface area contributed by atoms with Gasteiger partial charge in [0.2, 0.25) is 5.91 Å². The molecule has 0 spiro atoms. The molecule has 1 aliphatic carbocycles. The molecule has 1 aliphatic rings. The van der Waals surface area contributed by atoms with Crippen molar-refractivity contribution in [1.82, 2.24) is 0 Å². The Labute approximate surface area is 158 Å². The first-order valence-corrected chi connectivity index (χ1v) is 8.62. The molecule has 2 atom stereocenters. The molecular weight excluding hydrogens is 395 g/mol. The smallest absolute Gasteiger partial charge is 0.231 e. The molecule has 0 bridgehead atoms. The molecule has 2 aromatic carbocycles. The zero-order valence-electron chi connectivity index (χ0n) is 12.4. The highest BCUT2D eigenvalue weighted by Crippen LogP contribution is 2.65. The molecule has 126 valence electrons. The maximum atomic E-state index is 14.0. The van der Waals surface area contributed by atoms with Crippen LogP contribution in [-0.4, -0.2) is 10.2 Å². The first-order chi connectivity index (χ1) is 11.2. The van der Waals surface area contributed by atoms with E-state index >= 15 is 0 Å². The van der Waals surface area contributed by atoms with Crippen LogP contribution in [0.4, 0.5) is 10.1 Å². The number of benzene rings is 2. The summed E-state index contributed by atoms with van der Waals surface area (Å²) >= 11 is 24.5. The number of alkyl halides is 2. The number of nitrogens with one attached hydrogen (secondary N) is 1. The first kappa shape index (κ1) is 17.8. The van der Waals surface area contributed by atoms with Gasteiger partial charge in [-0.1, -0.05) is 35.3 Å². The van der Waals surface area contributed by atoms with Crippen molar-refractivity contribution in [2.75, 3.05) is 5.32 Å². The van der Waals surface area contributed by atoms with Gasteiger partial charge in [-0.2, -0.15) is 0 Å². The highest BCUT2D eigenvalue weighted by Gasteiger charge is 2.67. The summed E-state index contributed by atoms with van der Waals surface area (Å²) in [6.45, 7) is 1.62. The van der Waals surface area contributed by atoms with Crippen molar-refractivity contribution in [2.45, 2.75) is 17.2 Å². The average molecular weight is 407 g/mol. The van der Waals surface area contributed by atoms with E-state index in [-0.39, 0.29) is 5.69 Å². The third kappa shape index (κ3) is 3.23. The van der Waals surface area contributed by atoms with E-state index < -0.39 is 27.9 Å². The van der Waals surface area contributed by atoms with Crippen molar-refractivity contribution in [3.05, 3.63) is 63.4 Å². The summed E-state index contributed by atoms with van der Waals surface area (Å²) in [7, 11) is 0. The summed E-state index contributed by atoms with van der Waals surface area (Å²) in [4.78, 5) is 12.5. The second kappa shape index (κ2) is 6.38. The highest BCUT2D eigenvalue weighted by atomic mass is 35.5. The van der Waals surface area contributed by atoms with E-state index in [1.807, 2.05) is 0 Å². The Bertz CT molecular complexity index is 804. The number of carbonyl (C=O) groups excluding carboxylic acids is 1. The van der Waals surface area contributed by atoms with Crippen LogP contribution in [0, 0.1) is 18.7 Å². The van der Waals surface area contributed by atoms with Crippen molar-refractivity contribution in [3.8, 4) is 0 Å². The van der Waals surface area contributed by atoms with Gasteiger partial charge in [-0.3, -0.25) is 4.79 Å². The Balaban J connectivity index is 1.84. The van der Waals surface area contributed by atoms with Crippen LogP contribution < -0.4 is 5.32 Å². The SMILES string of the molecule is Cc1cccc(NC(=O)C2C(c3cc(Cl)cc(Cl)c3)C2(Cl)Cl)c1F. The fourth-order valence-corrected chi connectivity index (χ4v) is 4.15. The van der Waals surface area contributed by atoms with Gasteiger partial charge >= 0.3 is 0 Å². The van der Waals surface area contributed by atoms with E-state index in [4.69, 9.17) is 46.4 Å². The Morgan fingerprint density at radius 3 is 2.42 bits per heavy atom. The van der Waals surface area contributed by atoms with Crippen LogP contribution >= 0.6 is 46.4 Å². The maximum Gasteiger partial charge on any atom is 0.231 e. The number of halogens is 5. The predicted octanol–water partition coefficient (Wildman–Crippen LogP) is 5.97. The highest BCUT2D eigenvalue weighted by molar-refractivity contribution is 6.53. The Morgan fingerprint density at radius 2 is 1.79 bits per heavy atom. The molecule has 2 nitrogen and oxygen atoms in total. The molecule has 3 rings (SSSR count). The first-order valence-electron chi connectivity index (χ1n) is 7.11. The summed E-state index contributed by atoms with van der Waals surface area (Å²) in [6, 6.07) is 9.67. The summed E-state index contributed by atoms with van der Waals surface area (Å²) in [5.41, 5.74) is 1.20. The molecule has 7 heteroatoms. The van der Waals surface area contributed by atoms with E-state index in [2.05, 4.69) is 5.32 Å². The number of aryl methyl sites for hydroxylation is 1. The number of rotatable bonds is 3. The van der Waals surface area contributed by atoms with Gasteiger partial charge in [0.05, 0.1) is 11.6 Å². The Kier molecular flexibility index (Phi) is 4.73. The molecule has 24 heavy (non-hydrogen) atoms. The monoisotopic (exact) mass is 405 g/mol. The number of amides is 1. The van der Waals surface area contributed by atoms with Gasteiger partial charge < -0.3 is 5.32 Å². The lowest BCUT2D eigenvalue weighted by Crippen LogP contribution is -2.18. The van der Waals surface area contributed by atoms with E-state index in [9.17, 15) is 9.18 Å². The normalized spacial score (nSPS) is 21.4. The van der Waals surface area contributed by atoms with Crippen molar-refractivity contribution < 1.29 is 9.18 Å². The Hall–Kier alpha value is -1.000. The molecule has 0 aromatic heterocycles. The van der Waals surface area contributed by atoms with Crippen LogP contribution in [0.25, 0.3) is 0 Å². The second-order valence-corrected chi connectivity index (χ2v) is 8.08. The summed E-state index contributed by atoms with van der Waals surface area (Å²) < 4.78 is 12.8. The van der Waals surface area contributed by atoms with Crippen LogP contribution in [0.5, 0.6) is 0 Å². The molecule has 0 aliphatic heterocycles.